The van der Waals surface area contributed by atoms with Gasteiger partial charge in [-0.25, -0.2) is 0 Å². The first-order valence-corrected chi connectivity index (χ1v) is 6.99. The van der Waals surface area contributed by atoms with Crippen molar-refractivity contribution in [2.24, 2.45) is 0 Å². The van der Waals surface area contributed by atoms with Crippen LogP contribution >= 0.6 is 0 Å². The van der Waals surface area contributed by atoms with Gasteiger partial charge >= 0.3 is 0 Å². The SMILES string of the molecule is CCCOc1ccc2ccccc2c1CNc1nn[nH]n1. The largest absolute Gasteiger partial charge is 0.493 e. The monoisotopic (exact) mass is 283 g/mol. The Bertz CT molecular complexity index is 711. The van der Waals surface area contributed by atoms with Gasteiger partial charge in [-0.05, 0) is 28.5 Å². The summed E-state index contributed by atoms with van der Waals surface area (Å²) >= 11 is 0. The molecule has 6 nitrogen and oxygen atoms in total. The van der Waals surface area contributed by atoms with E-state index < -0.39 is 0 Å². The molecule has 3 aromatic rings. The zero-order valence-electron chi connectivity index (χ0n) is 11.8. The number of rotatable bonds is 6. The normalized spacial score (nSPS) is 10.7. The fraction of sp³-hybridized carbons (Fsp3) is 0.267. The van der Waals surface area contributed by atoms with Crippen molar-refractivity contribution < 1.29 is 4.74 Å². The number of H-pyrrole nitrogens is 1. The topological polar surface area (TPSA) is 75.7 Å². The molecule has 0 radical (unpaired) electrons. The van der Waals surface area contributed by atoms with Gasteiger partial charge < -0.3 is 10.1 Å². The van der Waals surface area contributed by atoms with Crippen LogP contribution in [-0.2, 0) is 6.54 Å². The van der Waals surface area contributed by atoms with Crippen LogP contribution in [0.5, 0.6) is 5.75 Å². The third-order valence-corrected chi connectivity index (χ3v) is 3.23. The summed E-state index contributed by atoms with van der Waals surface area (Å²) in [5.41, 5.74) is 1.10. The van der Waals surface area contributed by atoms with E-state index in [1.807, 2.05) is 18.2 Å². The van der Waals surface area contributed by atoms with Crippen LogP contribution < -0.4 is 10.1 Å². The lowest BCUT2D eigenvalue weighted by Crippen LogP contribution is -2.06. The highest BCUT2D eigenvalue weighted by atomic mass is 16.5. The predicted octanol–water partition coefficient (Wildman–Crippen LogP) is 2.75. The van der Waals surface area contributed by atoms with Crippen LogP contribution in [0.25, 0.3) is 10.8 Å². The van der Waals surface area contributed by atoms with Gasteiger partial charge in [-0.15, -0.1) is 5.10 Å². The minimum absolute atomic E-state index is 0.476. The molecule has 6 heteroatoms. The van der Waals surface area contributed by atoms with Gasteiger partial charge in [-0.2, -0.15) is 5.21 Å². The number of benzene rings is 2. The smallest absolute Gasteiger partial charge is 0.263 e. The van der Waals surface area contributed by atoms with Crippen molar-refractivity contribution in [2.75, 3.05) is 11.9 Å². The highest BCUT2D eigenvalue weighted by Gasteiger charge is 2.09. The number of aromatic amines is 1. The zero-order chi connectivity index (χ0) is 14.5. The molecule has 0 spiro atoms. The molecule has 0 aliphatic carbocycles. The van der Waals surface area contributed by atoms with Crippen molar-refractivity contribution in [3.63, 3.8) is 0 Å². The van der Waals surface area contributed by atoms with Crippen LogP contribution in [0.2, 0.25) is 0 Å². The number of fused-ring (bicyclic) bond motifs is 1. The van der Waals surface area contributed by atoms with Crippen molar-refractivity contribution in [1.29, 1.82) is 0 Å². The molecule has 3 rings (SSSR count). The Morgan fingerprint density at radius 3 is 2.90 bits per heavy atom. The highest BCUT2D eigenvalue weighted by Crippen LogP contribution is 2.28. The van der Waals surface area contributed by atoms with Gasteiger partial charge in [0.05, 0.1) is 6.61 Å². The minimum atomic E-state index is 0.476. The number of ether oxygens (including phenoxy) is 1. The summed E-state index contributed by atoms with van der Waals surface area (Å²) in [5.74, 6) is 1.37. The first kappa shape index (κ1) is 13.4. The van der Waals surface area contributed by atoms with Gasteiger partial charge in [-0.1, -0.05) is 42.4 Å². The summed E-state index contributed by atoms with van der Waals surface area (Å²) in [6.45, 7) is 3.38. The molecular weight excluding hydrogens is 266 g/mol. The van der Waals surface area contributed by atoms with E-state index in [0.717, 1.165) is 17.7 Å². The number of nitrogens with one attached hydrogen (secondary N) is 2. The second kappa shape index (κ2) is 6.21. The maximum absolute atomic E-state index is 5.86. The second-order valence-electron chi connectivity index (χ2n) is 4.70. The predicted molar refractivity (Wildman–Crippen MR) is 81.2 cm³/mol. The summed E-state index contributed by atoms with van der Waals surface area (Å²) in [7, 11) is 0. The van der Waals surface area contributed by atoms with Crippen LogP contribution in [0.1, 0.15) is 18.9 Å². The van der Waals surface area contributed by atoms with Gasteiger partial charge in [0.15, 0.2) is 0 Å². The molecule has 0 saturated heterocycles. The Hall–Kier alpha value is -2.63. The fourth-order valence-corrected chi connectivity index (χ4v) is 2.25. The standard InChI is InChI=1S/C15H17N5O/c1-2-9-21-14-8-7-11-5-3-4-6-12(11)13(14)10-16-15-17-19-20-18-15/h3-8H,2,9-10H2,1H3,(H2,16,17,18,19,20). The molecule has 0 unspecified atom stereocenters. The Morgan fingerprint density at radius 1 is 1.19 bits per heavy atom. The maximum atomic E-state index is 5.86. The molecule has 1 aromatic heterocycles. The van der Waals surface area contributed by atoms with E-state index in [9.17, 15) is 0 Å². The number of hydrogen-bond acceptors (Lipinski definition) is 5. The molecule has 0 amide bonds. The fourth-order valence-electron chi connectivity index (χ4n) is 2.25. The van der Waals surface area contributed by atoms with Crippen molar-refractivity contribution in [1.82, 2.24) is 20.6 Å². The number of hydrogen-bond donors (Lipinski definition) is 2. The van der Waals surface area contributed by atoms with Crippen molar-refractivity contribution >= 4 is 16.7 Å². The van der Waals surface area contributed by atoms with Gasteiger partial charge in [0.25, 0.3) is 5.95 Å². The summed E-state index contributed by atoms with van der Waals surface area (Å²) in [6, 6.07) is 12.4. The molecule has 1 heterocycles. The maximum Gasteiger partial charge on any atom is 0.263 e. The first-order chi connectivity index (χ1) is 10.4. The average molecular weight is 283 g/mol. The molecule has 0 atom stereocenters. The lowest BCUT2D eigenvalue weighted by molar-refractivity contribution is 0.315. The van der Waals surface area contributed by atoms with Crippen LogP contribution in [0.4, 0.5) is 5.95 Å². The molecular formula is C15H17N5O. The molecule has 0 saturated carbocycles. The Kier molecular flexibility index (Phi) is 3.95. The van der Waals surface area contributed by atoms with Gasteiger partial charge in [0.2, 0.25) is 0 Å². The van der Waals surface area contributed by atoms with E-state index in [2.05, 4.69) is 51.1 Å². The van der Waals surface area contributed by atoms with E-state index in [0.29, 0.717) is 19.1 Å². The minimum Gasteiger partial charge on any atom is -0.493 e. The summed E-state index contributed by atoms with van der Waals surface area (Å²) in [4.78, 5) is 0. The molecule has 2 aromatic carbocycles. The lowest BCUT2D eigenvalue weighted by atomic mass is 10.0. The third kappa shape index (κ3) is 2.94. The van der Waals surface area contributed by atoms with Crippen LogP contribution in [0.15, 0.2) is 36.4 Å². The van der Waals surface area contributed by atoms with E-state index in [1.54, 1.807) is 0 Å². The molecule has 2 N–H and O–H groups in total. The quantitative estimate of drug-likeness (QED) is 0.727. The van der Waals surface area contributed by atoms with Crippen molar-refractivity contribution in [3.05, 3.63) is 42.0 Å². The highest BCUT2D eigenvalue weighted by molar-refractivity contribution is 5.88. The Labute approximate surface area is 122 Å². The Morgan fingerprint density at radius 2 is 2.10 bits per heavy atom. The first-order valence-electron chi connectivity index (χ1n) is 6.99. The van der Waals surface area contributed by atoms with Crippen LogP contribution in [0.3, 0.4) is 0 Å². The molecule has 0 fully saturated rings. The van der Waals surface area contributed by atoms with Crippen molar-refractivity contribution in [3.8, 4) is 5.75 Å². The van der Waals surface area contributed by atoms with Gasteiger partial charge in [0.1, 0.15) is 5.75 Å². The van der Waals surface area contributed by atoms with Gasteiger partial charge in [-0.3, -0.25) is 0 Å². The number of aromatic nitrogens is 4. The second-order valence-corrected chi connectivity index (χ2v) is 4.70. The third-order valence-electron chi connectivity index (χ3n) is 3.23. The van der Waals surface area contributed by atoms with E-state index in [-0.39, 0.29) is 0 Å². The molecule has 108 valence electrons. The summed E-state index contributed by atoms with van der Waals surface area (Å²) in [5, 5.41) is 19.3. The van der Waals surface area contributed by atoms with Crippen LogP contribution in [0, 0.1) is 0 Å². The molecule has 0 bridgehead atoms. The number of tetrazole rings is 1. The lowest BCUT2D eigenvalue weighted by Gasteiger charge is -2.14. The van der Waals surface area contributed by atoms with Crippen molar-refractivity contribution in [2.45, 2.75) is 19.9 Å². The molecule has 21 heavy (non-hydrogen) atoms. The molecule has 0 aliphatic heterocycles. The zero-order valence-corrected chi connectivity index (χ0v) is 11.8. The summed E-state index contributed by atoms with van der Waals surface area (Å²) in [6.07, 6.45) is 0.977. The Balaban J connectivity index is 1.94. The van der Waals surface area contributed by atoms with E-state index >= 15 is 0 Å². The number of nitrogens with zero attached hydrogens (tertiary/aromatic N) is 3. The average Bonchev–Trinajstić information content (AvgIpc) is 3.04. The summed E-state index contributed by atoms with van der Waals surface area (Å²) < 4.78 is 5.86. The molecule has 0 aliphatic rings. The van der Waals surface area contributed by atoms with E-state index in [1.165, 1.54) is 10.8 Å². The number of anilines is 1. The van der Waals surface area contributed by atoms with Gasteiger partial charge in [0, 0.05) is 12.1 Å². The van der Waals surface area contributed by atoms with E-state index in [4.69, 9.17) is 4.74 Å². The van der Waals surface area contributed by atoms with Crippen LogP contribution in [-0.4, -0.2) is 27.2 Å².